The summed E-state index contributed by atoms with van der Waals surface area (Å²) in [5, 5.41) is 9.98. The summed E-state index contributed by atoms with van der Waals surface area (Å²) in [4.78, 5) is 2.23. The molecule has 0 unspecified atom stereocenters. The van der Waals surface area contributed by atoms with Crippen molar-refractivity contribution in [2.24, 2.45) is 0 Å². The highest BCUT2D eigenvalue weighted by molar-refractivity contribution is 6.30. The van der Waals surface area contributed by atoms with Crippen LogP contribution >= 0.6 is 11.6 Å². The molecule has 1 saturated heterocycles. The van der Waals surface area contributed by atoms with Crippen molar-refractivity contribution in [3.63, 3.8) is 0 Å². The minimum atomic E-state index is 0.564. The Morgan fingerprint density at radius 2 is 1.86 bits per heavy atom. The van der Waals surface area contributed by atoms with Gasteiger partial charge in [-0.2, -0.15) is 5.26 Å². The van der Waals surface area contributed by atoms with Gasteiger partial charge in [0.1, 0.15) is 5.76 Å². The summed E-state index contributed by atoms with van der Waals surface area (Å²) in [6.07, 6.45) is 4.18. The van der Waals surface area contributed by atoms with Crippen LogP contribution in [0, 0.1) is 11.3 Å². The molecular formula is C17H15ClN2O. The van der Waals surface area contributed by atoms with Crippen molar-refractivity contribution in [1.82, 2.24) is 0 Å². The quantitative estimate of drug-likeness (QED) is 0.778. The second-order valence-corrected chi connectivity index (χ2v) is 5.48. The third kappa shape index (κ3) is 3.12. The van der Waals surface area contributed by atoms with Crippen LogP contribution in [0.25, 0.3) is 11.6 Å². The summed E-state index contributed by atoms with van der Waals surface area (Å²) < 4.78 is 5.82. The molecule has 0 atom stereocenters. The Morgan fingerprint density at radius 3 is 2.52 bits per heavy atom. The zero-order chi connectivity index (χ0) is 14.7. The zero-order valence-electron chi connectivity index (χ0n) is 11.6. The largest absolute Gasteiger partial charge is 0.441 e. The van der Waals surface area contributed by atoms with E-state index in [0.29, 0.717) is 16.4 Å². The van der Waals surface area contributed by atoms with Crippen molar-refractivity contribution in [2.75, 3.05) is 18.0 Å². The van der Waals surface area contributed by atoms with Crippen LogP contribution in [0.4, 0.5) is 5.88 Å². The summed E-state index contributed by atoms with van der Waals surface area (Å²) in [5.74, 6) is 1.58. The molecule has 21 heavy (non-hydrogen) atoms. The molecule has 1 aliphatic rings. The Bertz CT molecular complexity index is 688. The Labute approximate surface area is 129 Å². The van der Waals surface area contributed by atoms with Gasteiger partial charge in [0.15, 0.2) is 5.88 Å². The summed E-state index contributed by atoms with van der Waals surface area (Å²) in [5.41, 5.74) is 1.40. The molecule has 3 nitrogen and oxygen atoms in total. The molecule has 1 aromatic heterocycles. The highest BCUT2D eigenvalue weighted by Crippen LogP contribution is 2.26. The number of allylic oxidation sites excluding steroid dienone is 1. The number of furan rings is 1. The lowest BCUT2D eigenvalue weighted by Gasteiger charge is -2.12. The van der Waals surface area contributed by atoms with Gasteiger partial charge in [-0.3, -0.25) is 0 Å². The first-order chi connectivity index (χ1) is 10.3. The summed E-state index contributed by atoms with van der Waals surface area (Å²) in [6.45, 7) is 2.08. The van der Waals surface area contributed by atoms with Gasteiger partial charge < -0.3 is 9.32 Å². The number of nitriles is 1. The molecule has 4 heteroatoms. The van der Waals surface area contributed by atoms with E-state index in [2.05, 4.69) is 11.0 Å². The van der Waals surface area contributed by atoms with E-state index in [4.69, 9.17) is 16.0 Å². The molecule has 1 aromatic carbocycles. The maximum atomic E-state index is 9.33. The van der Waals surface area contributed by atoms with E-state index in [-0.39, 0.29) is 0 Å². The molecule has 3 rings (SSSR count). The lowest BCUT2D eigenvalue weighted by Crippen LogP contribution is -2.16. The van der Waals surface area contributed by atoms with Gasteiger partial charge in [-0.05, 0) is 42.7 Å². The predicted octanol–water partition coefficient (Wildman–Crippen LogP) is 4.60. The molecule has 0 radical (unpaired) electrons. The van der Waals surface area contributed by atoms with Gasteiger partial charge in [0.05, 0.1) is 11.6 Å². The number of anilines is 1. The lowest BCUT2D eigenvalue weighted by atomic mass is 10.1. The average Bonchev–Trinajstić information content (AvgIpc) is 3.17. The van der Waals surface area contributed by atoms with Crippen molar-refractivity contribution in [3.8, 4) is 6.07 Å². The topological polar surface area (TPSA) is 40.2 Å². The van der Waals surface area contributed by atoms with Crippen LogP contribution in [-0.2, 0) is 0 Å². The first-order valence-electron chi connectivity index (χ1n) is 6.99. The predicted molar refractivity (Wildman–Crippen MR) is 85.1 cm³/mol. The van der Waals surface area contributed by atoms with Gasteiger partial charge in [-0.1, -0.05) is 23.7 Å². The molecule has 0 saturated carbocycles. The van der Waals surface area contributed by atoms with E-state index >= 15 is 0 Å². The number of rotatable bonds is 3. The zero-order valence-corrected chi connectivity index (χ0v) is 12.3. The fourth-order valence-corrected chi connectivity index (χ4v) is 2.61. The van der Waals surface area contributed by atoms with Gasteiger partial charge in [0.25, 0.3) is 0 Å². The van der Waals surface area contributed by atoms with Crippen LogP contribution in [0.3, 0.4) is 0 Å². The first kappa shape index (κ1) is 13.8. The average molecular weight is 299 g/mol. The molecule has 106 valence electrons. The Kier molecular flexibility index (Phi) is 3.98. The van der Waals surface area contributed by atoms with Crippen LogP contribution < -0.4 is 4.90 Å². The number of benzene rings is 1. The van der Waals surface area contributed by atoms with E-state index in [9.17, 15) is 5.26 Å². The van der Waals surface area contributed by atoms with Gasteiger partial charge >= 0.3 is 0 Å². The Morgan fingerprint density at radius 1 is 1.14 bits per heavy atom. The molecular weight excluding hydrogens is 284 g/mol. The minimum Gasteiger partial charge on any atom is -0.441 e. The summed E-state index contributed by atoms with van der Waals surface area (Å²) in [7, 11) is 0. The number of halogens is 1. The fraction of sp³-hybridized carbons (Fsp3) is 0.235. The molecule has 0 aliphatic carbocycles. The first-order valence-corrected chi connectivity index (χ1v) is 7.36. The van der Waals surface area contributed by atoms with Crippen LogP contribution in [0.15, 0.2) is 40.8 Å². The molecule has 0 bridgehead atoms. The lowest BCUT2D eigenvalue weighted by molar-refractivity contribution is 0.548. The molecule has 2 aromatic rings. The highest BCUT2D eigenvalue weighted by Gasteiger charge is 2.15. The van der Waals surface area contributed by atoms with Gasteiger partial charge in [-0.25, -0.2) is 0 Å². The van der Waals surface area contributed by atoms with Gasteiger partial charge in [0.2, 0.25) is 0 Å². The molecule has 1 fully saturated rings. The van der Waals surface area contributed by atoms with Crippen LogP contribution in [-0.4, -0.2) is 13.1 Å². The number of nitrogens with zero attached hydrogens (tertiary/aromatic N) is 2. The number of hydrogen-bond acceptors (Lipinski definition) is 3. The normalized spacial score (nSPS) is 15.2. The molecule has 0 spiro atoms. The van der Waals surface area contributed by atoms with E-state index in [0.717, 1.165) is 24.5 Å². The van der Waals surface area contributed by atoms with Crippen molar-refractivity contribution in [1.29, 1.82) is 5.26 Å². The van der Waals surface area contributed by atoms with E-state index in [1.807, 2.05) is 24.3 Å². The van der Waals surface area contributed by atoms with Crippen molar-refractivity contribution in [3.05, 3.63) is 52.7 Å². The SMILES string of the molecule is N#CC(=Cc1ccc(N2CCCC2)o1)c1ccc(Cl)cc1. The monoisotopic (exact) mass is 298 g/mol. The highest BCUT2D eigenvalue weighted by atomic mass is 35.5. The number of hydrogen-bond donors (Lipinski definition) is 0. The molecule has 2 heterocycles. The Hall–Kier alpha value is -2.18. The Balaban J connectivity index is 1.85. The second-order valence-electron chi connectivity index (χ2n) is 5.05. The minimum absolute atomic E-state index is 0.564. The summed E-state index contributed by atoms with van der Waals surface area (Å²) >= 11 is 5.87. The second kappa shape index (κ2) is 6.07. The van der Waals surface area contributed by atoms with Crippen molar-refractivity contribution in [2.45, 2.75) is 12.8 Å². The van der Waals surface area contributed by atoms with Crippen LogP contribution in [0.1, 0.15) is 24.2 Å². The maximum Gasteiger partial charge on any atom is 0.196 e. The molecule has 1 aliphatic heterocycles. The van der Waals surface area contributed by atoms with Gasteiger partial charge in [-0.15, -0.1) is 0 Å². The van der Waals surface area contributed by atoms with E-state index < -0.39 is 0 Å². The molecule has 0 amide bonds. The third-order valence-electron chi connectivity index (χ3n) is 3.59. The third-order valence-corrected chi connectivity index (χ3v) is 3.84. The standard InChI is InChI=1S/C17H15ClN2O/c18-15-5-3-13(4-6-15)14(12-19)11-16-7-8-17(21-16)20-9-1-2-10-20/h3-8,11H,1-2,9-10H2. The van der Waals surface area contributed by atoms with Crippen LogP contribution in [0.2, 0.25) is 5.02 Å². The van der Waals surface area contributed by atoms with E-state index in [1.165, 1.54) is 12.8 Å². The summed E-state index contributed by atoms with van der Waals surface area (Å²) in [6, 6.07) is 13.3. The van der Waals surface area contributed by atoms with E-state index in [1.54, 1.807) is 18.2 Å². The molecule has 0 N–H and O–H groups in total. The fourth-order valence-electron chi connectivity index (χ4n) is 2.48. The van der Waals surface area contributed by atoms with Crippen LogP contribution in [0.5, 0.6) is 0 Å². The van der Waals surface area contributed by atoms with Crippen molar-refractivity contribution < 1.29 is 4.42 Å². The maximum absolute atomic E-state index is 9.33. The van der Waals surface area contributed by atoms with Crippen molar-refractivity contribution >= 4 is 29.1 Å². The smallest absolute Gasteiger partial charge is 0.196 e. The van der Waals surface area contributed by atoms with Gasteiger partial charge in [0, 0.05) is 24.2 Å².